The predicted octanol–water partition coefficient (Wildman–Crippen LogP) is 4.21. The van der Waals surface area contributed by atoms with E-state index in [0.29, 0.717) is 11.3 Å². The summed E-state index contributed by atoms with van der Waals surface area (Å²) in [6, 6.07) is 4.13. The summed E-state index contributed by atoms with van der Waals surface area (Å²) in [4.78, 5) is 0. The van der Waals surface area contributed by atoms with Crippen molar-refractivity contribution in [3.63, 3.8) is 0 Å². The van der Waals surface area contributed by atoms with Crippen LogP contribution in [0.1, 0.15) is 51.7 Å². The molecule has 2 atom stereocenters. The van der Waals surface area contributed by atoms with Gasteiger partial charge in [-0.3, -0.25) is 0 Å². The minimum absolute atomic E-state index is 0.481. The number of hydrogen-bond acceptors (Lipinski definition) is 1. The molecule has 0 amide bonds. The molecule has 0 saturated heterocycles. The average Bonchev–Trinajstić information content (AvgIpc) is 2.51. The van der Waals surface area contributed by atoms with Crippen molar-refractivity contribution in [1.82, 2.24) is 0 Å². The molecule has 2 unspecified atom stereocenters. The van der Waals surface area contributed by atoms with Crippen molar-refractivity contribution in [1.29, 1.82) is 0 Å². The summed E-state index contributed by atoms with van der Waals surface area (Å²) < 4.78 is 5.51. The second-order valence-corrected chi connectivity index (χ2v) is 5.63. The maximum absolute atomic E-state index is 5.51. The molecule has 0 aliphatic heterocycles. The minimum atomic E-state index is 0.481. The lowest BCUT2D eigenvalue weighted by Crippen LogP contribution is -2.26. The largest absolute Gasteiger partial charge is 0.469 e. The van der Waals surface area contributed by atoms with Gasteiger partial charge in [0.2, 0.25) is 0 Å². The molecule has 2 rings (SSSR count). The van der Waals surface area contributed by atoms with Crippen molar-refractivity contribution in [3.05, 3.63) is 24.2 Å². The van der Waals surface area contributed by atoms with Crippen LogP contribution < -0.4 is 0 Å². The van der Waals surface area contributed by atoms with Crippen LogP contribution in [0.2, 0.25) is 0 Å². The van der Waals surface area contributed by atoms with Crippen LogP contribution in [0.15, 0.2) is 22.8 Å². The maximum Gasteiger partial charge on any atom is 0.106 e. The standard InChI is InChI=1S/C13H20O/c1-10-7-11(9-13(2,3)8-10)12-5-4-6-14-12/h4-6,10-11H,7-9H2,1-3H3. The molecule has 1 saturated carbocycles. The van der Waals surface area contributed by atoms with E-state index in [1.807, 2.05) is 6.07 Å². The Morgan fingerprint density at radius 1 is 1.36 bits per heavy atom. The zero-order valence-corrected chi connectivity index (χ0v) is 9.42. The van der Waals surface area contributed by atoms with E-state index in [-0.39, 0.29) is 0 Å². The van der Waals surface area contributed by atoms with E-state index in [1.54, 1.807) is 6.26 Å². The molecule has 1 aliphatic rings. The third-order valence-electron chi connectivity index (χ3n) is 3.33. The highest BCUT2D eigenvalue weighted by atomic mass is 16.3. The first-order valence-corrected chi connectivity index (χ1v) is 5.60. The fraction of sp³-hybridized carbons (Fsp3) is 0.692. The first kappa shape index (κ1) is 9.82. The van der Waals surface area contributed by atoms with E-state index >= 15 is 0 Å². The quantitative estimate of drug-likeness (QED) is 0.649. The third kappa shape index (κ3) is 2.02. The van der Waals surface area contributed by atoms with Gasteiger partial charge in [-0.05, 0) is 42.7 Å². The van der Waals surface area contributed by atoms with E-state index in [9.17, 15) is 0 Å². The summed E-state index contributed by atoms with van der Waals surface area (Å²) in [6.07, 6.45) is 5.70. The number of hydrogen-bond donors (Lipinski definition) is 0. The topological polar surface area (TPSA) is 13.1 Å². The van der Waals surface area contributed by atoms with Crippen LogP contribution in [0.4, 0.5) is 0 Å². The Labute approximate surface area is 86.5 Å². The van der Waals surface area contributed by atoms with E-state index in [0.717, 1.165) is 5.92 Å². The summed E-state index contributed by atoms with van der Waals surface area (Å²) in [5, 5.41) is 0. The first-order valence-electron chi connectivity index (χ1n) is 5.60. The molecule has 1 nitrogen and oxygen atoms in total. The maximum atomic E-state index is 5.51. The highest BCUT2D eigenvalue weighted by molar-refractivity contribution is 5.08. The van der Waals surface area contributed by atoms with E-state index < -0.39 is 0 Å². The predicted molar refractivity (Wildman–Crippen MR) is 58.2 cm³/mol. The molecular formula is C13H20O. The number of furan rings is 1. The fourth-order valence-corrected chi connectivity index (χ4v) is 3.09. The average molecular weight is 192 g/mol. The monoisotopic (exact) mass is 192 g/mol. The molecule has 0 spiro atoms. The fourth-order valence-electron chi connectivity index (χ4n) is 3.09. The summed E-state index contributed by atoms with van der Waals surface area (Å²) in [6.45, 7) is 7.11. The van der Waals surface area contributed by atoms with Gasteiger partial charge in [-0.2, -0.15) is 0 Å². The van der Waals surface area contributed by atoms with Gasteiger partial charge in [0.15, 0.2) is 0 Å². The molecule has 1 heterocycles. The highest BCUT2D eigenvalue weighted by Crippen LogP contribution is 2.45. The van der Waals surface area contributed by atoms with Crippen molar-refractivity contribution >= 4 is 0 Å². The van der Waals surface area contributed by atoms with Gasteiger partial charge in [-0.1, -0.05) is 20.8 Å². The van der Waals surface area contributed by atoms with Crippen molar-refractivity contribution in [2.45, 2.75) is 46.0 Å². The van der Waals surface area contributed by atoms with Crippen LogP contribution in [0.5, 0.6) is 0 Å². The molecule has 1 aromatic rings. The normalized spacial score (nSPS) is 31.6. The molecular weight excluding hydrogens is 172 g/mol. The van der Waals surface area contributed by atoms with Gasteiger partial charge in [0, 0.05) is 5.92 Å². The Bertz CT molecular complexity index is 284. The molecule has 0 N–H and O–H groups in total. The van der Waals surface area contributed by atoms with E-state index in [4.69, 9.17) is 4.42 Å². The smallest absolute Gasteiger partial charge is 0.106 e. The molecule has 1 heteroatoms. The Hall–Kier alpha value is -0.720. The molecule has 0 aromatic carbocycles. The highest BCUT2D eigenvalue weighted by Gasteiger charge is 2.33. The summed E-state index contributed by atoms with van der Waals surface area (Å²) in [7, 11) is 0. The van der Waals surface area contributed by atoms with Crippen molar-refractivity contribution < 1.29 is 4.42 Å². The van der Waals surface area contributed by atoms with Crippen LogP contribution in [-0.2, 0) is 0 Å². The summed E-state index contributed by atoms with van der Waals surface area (Å²) >= 11 is 0. The molecule has 1 fully saturated rings. The van der Waals surface area contributed by atoms with Crippen molar-refractivity contribution in [2.24, 2.45) is 11.3 Å². The van der Waals surface area contributed by atoms with Crippen LogP contribution >= 0.6 is 0 Å². The van der Waals surface area contributed by atoms with Crippen LogP contribution in [0.3, 0.4) is 0 Å². The van der Waals surface area contributed by atoms with Gasteiger partial charge < -0.3 is 4.42 Å². The third-order valence-corrected chi connectivity index (χ3v) is 3.33. The van der Waals surface area contributed by atoms with Gasteiger partial charge in [-0.25, -0.2) is 0 Å². The van der Waals surface area contributed by atoms with E-state index in [2.05, 4.69) is 26.8 Å². The lowest BCUT2D eigenvalue weighted by atomic mass is 9.67. The Morgan fingerprint density at radius 3 is 2.71 bits per heavy atom. The Balaban J connectivity index is 2.14. The Morgan fingerprint density at radius 2 is 2.14 bits per heavy atom. The van der Waals surface area contributed by atoms with Crippen molar-refractivity contribution in [2.75, 3.05) is 0 Å². The van der Waals surface area contributed by atoms with Gasteiger partial charge in [-0.15, -0.1) is 0 Å². The van der Waals surface area contributed by atoms with Crippen LogP contribution in [-0.4, -0.2) is 0 Å². The SMILES string of the molecule is CC1CC(c2ccco2)CC(C)(C)C1. The van der Waals surface area contributed by atoms with Gasteiger partial charge in [0.1, 0.15) is 5.76 Å². The summed E-state index contributed by atoms with van der Waals surface area (Å²) in [5.74, 6) is 2.65. The molecule has 1 aliphatic carbocycles. The second kappa shape index (κ2) is 3.45. The lowest BCUT2D eigenvalue weighted by Gasteiger charge is -2.38. The van der Waals surface area contributed by atoms with Gasteiger partial charge in [0.25, 0.3) is 0 Å². The van der Waals surface area contributed by atoms with Gasteiger partial charge in [0.05, 0.1) is 6.26 Å². The number of rotatable bonds is 1. The van der Waals surface area contributed by atoms with E-state index in [1.165, 1.54) is 25.0 Å². The Kier molecular flexibility index (Phi) is 2.42. The molecule has 0 radical (unpaired) electrons. The van der Waals surface area contributed by atoms with Crippen LogP contribution in [0, 0.1) is 11.3 Å². The zero-order valence-electron chi connectivity index (χ0n) is 9.42. The molecule has 0 bridgehead atoms. The van der Waals surface area contributed by atoms with Crippen LogP contribution in [0.25, 0.3) is 0 Å². The molecule has 14 heavy (non-hydrogen) atoms. The summed E-state index contributed by atoms with van der Waals surface area (Å²) in [5.41, 5.74) is 0.481. The molecule has 1 aromatic heterocycles. The second-order valence-electron chi connectivity index (χ2n) is 5.63. The lowest BCUT2D eigenvalue weighted by molar-refractivity contribution is 0.157. The van der Waals surface area contributed by atoms with Gasteiger partial charge >= 0.3 is 0 Å². The zero-order chi connectivity index (χ0) is 10.2. The van der Waals surface area contributed by atoms with Crippen molar-refractivity contribution in [3.8, 4) is 0 Å². The minimum Gasteiger partial charge on any atom is -0.469 e. The molecule has 78 valence electrons. The first-order chi connectivity index (χ1) is 6.57.